The summed E-state index contributed by atoms with van der Waals surface area (Å²) in [6.45, 7) is 0. The first-order valence-corrected chi connectivity index (χ1v) is 6.15. The summed E-state index contributed by atoms with van der Waals surface area (Å²) in [6, 6.07) is 11.9. The van der Waals surface area contributed by atoms with E-state index in [0.29, 0.717) is 21.9 Å². The first-order chi connectivity index (χ1) is 10.1. The smallest absolute Gasteiger partial charge is 0.256 e. The number of benzene rings is 2. The highest BCUT2D eigenvalue weighted by molar-refractivity contribution is 5.98. The van der Waals surface area contributed by atoms with Crippen molar-refractivity contribution in [3.05, 3.63) is 64.3 Å². The number of aromatic amines is 1. The van der Waals surface area contributed by atoms with Crippen LogP contribution in [0.5, 0.6) is 5.75 Å². The molecular formula is C16H9FN2O2. The number of fused-ring (bicyclic) bond motifs is 1. The normalized spacial score (nSPS) is 10.5. The van der Waals surface area contributed by atoms with E-state index in [1.807, 2.05) is 6.07 Å². The number of hydrogen-bond donors (Lipinski definition) is 2. The van der Waals surface area contributed by atoms with E-state index in [1.165, 1.54) is 36.4 Å². The number of rotatable bonds is 1. The van der Waals surface area contributed by atoms with Crippen LogP contribution in [0.2, 0.25) is 0 Å². The zero-order valence-electron chi connectivity index (χ0n) is 10.7. The Hall–Kier alpha value is -3.13. The third-order valence-corrected chi connectivity index (χ3v) is 3.23. The van der Waals surface area contributed by atoms with Crippen molar-refractivity contribution in [2.75, 3.05) is 0 Å². The Morgan fingerprint density at radius 1 is 1.14 bits per heavy atom. The zero-order chi connectivity index (χ0) is 15.0. The molecule has 2 N–H and O–H groups in total. The molecule has 0 spiro atoms. The van der Waals surface area contributed by atoms with Crippen molar-refractivity contribution in [1.29, 1.82) is 5.26 Å². The van der Waals surface area contributed by atoms with Crippen molar-refractivity contribution >= 4 is 10.8 Å². The summed E-state index contributed by atoms with van der Waals surface area (Å²) in [7, 11) is 0. The van der Waals surface area contributed by atoms with E-state index in [4.69, 9.17) is 0 Å². The number of nitrogens with one attached hydrogen (secondary N) is 1. The molecule has 0 atom stereocenters. The lowest BCUT2D eigenvalue weighted by Crippen LogP contribution is -2.09. The van der Waals surface area contributed by atoms with Gasteiger partial charge in [0.15, 0.2) is 0 Å². The Labute approximate surface area is 118 Å². The molecule has 102 valence electrons. The first kappa shape index (κ1) is 12.9. The van der Waals surface area contributed by atoms with Crippen molar-refractivity contribution < 1.29 is 9.50 Å². The number of nitriles is 1. The van der Waals surface area contributed by atoms with Gasteiger partial charge in [0.2, 0.25) is 0 Å². The molecule has 0 aliphatic rings. The topological polar surface area (TPSA) is 76.9 Å². The van der Waals surface area contributed by atoms with Crippen molar-refractivity contribution in [2.45, 2.75) is 0 Å². The molecule has 1 aromatic heterocycles. The Morgan fingerprint density at radius 3 is 2.67 bits per heavy atom. The van der Waals surface area contributed by atoms with E-state index >= 15 is 0 Å². The second-order valence-electron chi connectivity index (χ2n) is 4.56. The maximum atomic E-state index is 13.4. The quantitative estimate of drug-likeness (QED) is 0.719. The third-order valence-electron chi connectivity index (χ3n) is 3.23. The summed E-state index contributed by atoms with van der Waals surface area (Å²) in [5.41, 5.74) is 0.450. The second-order valence-corrected chi connectivity index (χ2v) is 4.56. The molecule has 0 amide bonds. The van der Waals surface area contributed by atoms with Crippen LogP contribution in [-0.2, 0) is 0 Å². The van der Waals surface area contributed by atoms with Crippen LogP contribution >= 0.6 is 0 Å². The Bertz CT molecular complexity index is 955. The van der Waals surface area contributed by atoms with Crippen LogP contribution in [0.3, 0.4) is 0 Å². The molecule has 5 heteroatoms. The second kappa shape index (κ2) is 4.76. The predicted octanol–water partition coefficient (Wildman–Crippen LogP) is 2.91. The molecule has 0 aliphatic heterocycles. The minimum absolute atomic E-state index is 0.0312. The maximum absolute atomic E-state index is 13.4. The number of aromatic nitrogens is 1. The van der Waals surface area contributed by atoms with Gasteiger partial charge in [-0.2, -0.15) is 5.26 Å². The summed E-state index contributed by atoms with van der Waals surface area (Å²) in [4.78, 5) is 14.4. The largest absolute Gasteiger partial charge is 0.508 e. The minimum Gasteiger partial charge on any atom is -0.508 e. The van der Waals surface area contributed by atoms with Crippen LogP contribution in [-0.4, -0.2) is 10.1 Å². The van der Waals surface area contributed by atoms with Crippen LogP contribution in [0.4, 0.5) is 4.39 Å². The van der Waals surface area contributed by atoms with Crippen LogP contribution in [0.25, 0.3) is 21.9 Å². The molecule has 0 unspecified atom stereocenters. The average Bonchev–Trinajstić information content (AvgIpc) is 2.46. The molecular weight excluding hydrogens is 271 g/mol. The summed E-state index contributed by atoms with van der Waals surface area (Å²) in [5, 5.41) is 19.6. The number of nitrogens with zero attached hydrogens (tertiary/aromatic N) is 1. The number of aromatic hydroxyl groups is 1. The van der Waals surface area contributed by atoms with Gasteiger partial charge in [0, 0.05) is 16.3 Å². The summed E-state index contributed by atoms with van der Waals surface area (Å²) < 4.78 is 13.4. The SMILES string of the molecule is N#Cc1[nH]c(=O)c2ccc(O)cc2c1-c1cccc(F)c1. The molecule has 0 bridgehead atoms. The summed E-state index contributed by atoms with van der Waals surface area (Å²) in [5.74, 6) is -0.481. The van der Waals surface area contributed by atoms with E-state index in [1.54, 1.807) is 6.07 Å². The highest BCUT2D eigenvalue weighted by Crippen LogP contribution is 2.31. The fraction of sp³-hybridized carbons (Fsp3) is 0. The molecule has 0 saturated carbocycles. The number of halogens is 1. The van der Waals surface area contributed by atoms with Gasteiger partial charge in [0.1, 0.15) is 23.3 Å². The van der Waals surface area contributed by atoms with Crippen molar-refractivity contribution in [2.24, 2.45) is 0 Å². The van der Waals surface area contributed by atoms with E-state index in [9.17, 15) is 19.6 Å². The molecule has 3 aromatic rings. The molecule has 0 fully saturated rings. The first-order valence-electron chi connectivity index (χ1n) is 6.15. The van der Waals surface area contributed by atoms with Gasteiger partial charge in [-0.1, -0.05) is 12.1 Å². The predicted molar refractivity (Wildman–Crippen MR) is 76.3 cm³/mol. The van der Waals surface area contributed by atoms with Gasteiger partial charge in [-0.3, -0.25) is 4.79 Å². The number of phenols is 1. The van der Waals surface area contributed by atoms with Crippen molar-refractivity contribution in [3.63, 3.8) is 0 Å². The highest BCUT2D eigenvalue weighted by atomic mass is 19.1. The van der Waals surface area contributed by atoms with E-state index in [0.717, 1.165) is 0 Å². The number of pyridine rings is 1. The Kier molecular flexibility index (Phi) is 2.92. The highest BCUT2D eigenvalue weighted by Gasteiger charge is 2.14. The van der Waals surface area contributed by atoms with Crippen LogP contribution in [0.15, 0.2) is 47.3 Å². The van der Waals surface area contributed by atoms with E-state index in [2.05, 4.69) is 4.98 Å². The van der Waals surface area contributed by atoms with E-state index < -0.39 is 11.4 Å². The van der Waals surface area contributed by atoms with Gasteiger partial charge in [-0.15, -0.1) is 0 Å². The molecule has 1 heterocycles. The Balaban J connectivity index is 2.51. The van der Waals surface area contributed by atoms with Gasteiger partial charge >= 0.3 is 0 Å². The van der Waals surface area contributed by atoms with Gasteiger partial charge in [0.25, 0.3) is 5.56 Å². The van der Waals surface area contributed by atoms with Crippen LogP contribution < -0.4 is 5.56 Å². The summed E-state index contributed by atoms with van der Waals surface area (Å²) >= 11 is 0. The zero-order valence-corrected chi connectivity index (χ0v) is 10.7. The molecule has 2 aromatic carbocycles. The van der Waals surface area contributed by atoms with Crippen LogP contribution in [0.1, 0.15) is 5.69 Å². The lowest BCUT2D eigenvalue weighted by molar-refractivity contribution is 0.476. The lowest BCUT2D eigenvalue weighted by Gasteiger charge is -2.09. The summed E-state index contributed by atoms with van der Waals surface area (Å²) in [6.07, 6.45) is 0. The standard InChI is InChI=1S/C16H9FN2O2/c17-10-3-1-2-9(6-10)15-13-7-11(20)4-5-12(13)16(21)19-14(15)8-18/h1-7,20H,(H,19,21). The molecule has 0 saturated heterocycles. The molecule has 3 rings (SSSR count). The fourth-order valence-corrected chi connectivity index (χ4v) is 2.34. The number of H-pyrrole nitrogens is 1. The molecule has 4 nitrogen and oxygen atoms in total. The number of hydrogen-bond acceptors (Lipinski definition) is 3. The van der Waals surface area contributed by atoms with Crippen LogP contribution in [0, 0.1) is 17.1 Å². The van der Waals surface area contributed by atoms with Gasteiger partial charge in [-0.25, -0.2) is 4.39 Å². The lowest BCUT2D eigenvalue weighted by atomic mass is 9.97. The van der Waals surface area contributed by atoms with Crippen molar-refractivity contribution in [3.8, 4) is 22.9 Å². The third kappa shape index (κ3) is 2.13. The van der Waals surface area contributed by atoms with Gasteiger partial charge < -0.3 is 10.1 Å². The minimum atomic E-state index is -0.448. The Morgan fingerprint density at radius 2 is 1.95 bits per heavy atom. The molecule has 21 heavy (non-hydrogen) atoms. The maximum Gasteiger partial charge on any atom is 0.256 e. The van der Waals surface area contributed by atoms with Gasteiger partial charge in [0.05, 0.1) is 0 Å². The van der Waals surface area contributed by atoms with Gasteiger partial charge in [-0.05, 0) is 35.9 Å². The average molecular weight is 280 g/mol. The van der Waals surface area contributed by atoms with E-state index in [-0.39, 0.29) is 11.4 Å². The number of phenolic OH excluding ortho intramolecular Hbond substituents is 1. The van der Waals surface area contributed by atoms with Crippen molar-refractivity contribution in [1.82, 2.24) is 4.98 Å². The monoisotopic (exact) mass is 280 g/mol. The molecule has 0 aliphatic carbocycles. The molecule has 0 radical (unpaired) electrons. The fourth-order valence-electron chi connectivity index (χ4n) is 2.34.